The number of nitrogens with one attached hydrogen (secondary N) is 1. The summed E-state index contributed by atoms with van der Waals surface area (Å²) in [7, 11) is 0. The third-order valence-corrected chi connectivity index (χ3v) is 6.09. The molecule has 0 bridgehead atoms. The van der Waals surface area contributed by atoms with Gasteiger partial charge >= 0.3 is 6.03 Å². The van der Waals surface area contributed by atoms with Crippen LogP contribution in [0.15, 0.2) is 0 Å². The topological polar surface area (TPSA) is 50.8 Å². The van der Waals surface area contributed by atoms with E-state index < -0.39 is 0 Å². The zero-order chi connectivity index (χ0) is 15.6. The number of carbonyl (C=O) groups excluding carboxylic acids is 1. The summed E-state index contributed by atoms with van der Waals surface area (Å²) >= 11 is 0. The van der Waals surface area contributed by atoms with Gasteiger partial charge in [-0.3, -0.25) is 0 Å². The molecule has 1 N–H and O–H groups in total. The first-order valence-corrected chi connectivity index (χ1v) is 9.58. The van der Waals surface area contributed by atoms with Crippen molar-refractivity contribution in [3.63, 3.8) is 0 Å². The predicted octanol–water partition coefficient (Wildman–Crippen LogP) is 2.54. The van der Waals surface area contributed by atoms with Crippen LogP contribution in [0, 0.1) is 11.8 Å². The Bertz CT molecular complexity index is 420. The molecule has 0 spiro atoms. The van der Waals surface area contributed by atoms with Crippen LogP contribution < -0.4 is 5.32 Å². The minimum absolute atomic E-state index is 0.0579. The molecule has 4 aliphatic rings. The van der Waals surface area contributed by atoms with E-state index in [1.165, 1.54) is 32.1 Å². The van der Waals surface area contributed by atoms with Gasteiger partial charge in [0.1, 0.15) is 6.10 Å². The second-order valence-corrected chi connectivity index (χ2v) is 7.82. The average molecular weight is 322 g/mol. The largest absolute Gasteiger partial charge is 0.375 e. The van der Waals surface area contributed by atoms with Gasteiger partial charge in [-0.2, -0.15) is 0 Å². The normalized spacial score (nSPS) is 38.5. The molecule has 4 rings (SSSR count). The van der Waals surface area contributed by atoms with E-state index in [0.29, 0.717) is 25.7 Å². The van der Waals surface area contributed by atoms with E-state index in [1.54, 1.807) is 0 Å². The molecule has 0 aromatic heterocycles. The second-order valence-electron chi connectivity index (χ2n) is 7.82. The zero-order valence-electron chi connectivity index (χ0n) is 14.0. The number of nitrogens with zero attached hydrogens (tertiary/aromatic N) is 1. The Labute approximate surface area is 139 Å². The molecule has 5 heteroatoms. The number of ether oxygens (including phenoxy) is 2. The number of amides is 2. The third-order valence-electron chi connectivity index (χ3n) is 6.09. The van der Waals surface area contributed by atoms with Crippen LogP contribution in [0.25, 0.3) is 0 Å². The highest BCUT2D eigenvalue weighted by molar-refractivity contribution is 5.74. The van der Waals surface area contributed by atoms with Crippen molar-refractivity contribution in [2.24, 2.45) is 11.8 Å². The lowest BCUT2D eigenvalue weighted by molar-refractivity contribution is -0.0851. The molecule has 5 nitrogen and oxygen atoms in total. The highest BCUT2D eigenvalue weighted by atomic mass is 16.5. The van der Waals surface area contributed by atoms with E-state index in [0.717, 1.165) is 37.7 Å². The fraction of sp³-hybridized carbons (Fsp3) is 0.944. The first-order chi connectivity index (χ1) is 11.3. The lowest BCUT2D eigenvalue weighted by atomic mass is 9.83. The van der Waals surface area contributed by atoms with Crippen LogP contribution in [0.2, 0.25) is 0 Å². The van der Waals surface area contributed by atoms with Crippen molar-refractivity contribution in [2.75, 3.05) is 26.3 Å². The van der Waals surface area contributed by atoms with Gasteiger partial charge < -0.3 is 19.7 Å². The number of hydrogen-bond donors (Lipinski definition) is 1. The first kappa shape index (κ1) is 15.7. The number of hydrogen-bond acceptors (Lipinski definition) is 3. The number of morpholine rings is 1. The summed E-state index contributed by atoms with van der Waals surface area (Å²) in [5.41, 5.74) is 0. The number of urea groups is 1. The van der Waals surface area contributed by atoms with E-state index in [1.807, 2.05) is 4.90 Å². The minimum atomic E-state index is 0.0579. The van der Waals surface area contributed by atoms with Crippen LogP contribution in [0.3, 0.4) is 0 Å². The molecule has 0 aromatic rings. The molecule has 130 valence electrons. The maximum Gasteiger partial charge on any atom is 0.317 e. The van der Waals surface area contributed by atoms with Crippen LogP contribution in [0.5, 0.6) is 0 Å². The number of rotatable bonds is 3. The SMILES string of the molecule is O=C(N[C@@H]1CCC[C@H](C2CC2)C1)N1CCO[C@H]([C@H]2CCCO2)C1. The van der Waals surface area contributed by atoms with Gasteiger partial charge in [0.05, 0.1) is 19.3 Å². The summed E-state index contributed by atoms with van der Waals surface area (Å²) in [4.78, 5) is 14.6. The Morgan fingerprint density at radius 1 is 0.913 bits per heavy atom. The maximum absolute atomic E-state index is 12.6. The number of carbonyl (C=O) groups is 1. The van der Waals surface area contributed by atoms with Gasteiger partial charge in [-0.1, -0.05) is 12.8 Å². The van der Waals surface area contributed by atoms with Gasteiger partial charge in [-0.25, -0.2) is 4.79 Å². The summed E-state index contributed by atoms with van der Waals surface area (Å²) < 4.78 is 11.6. The van der Waals surface area contributed by atoms with E-state index in [9.17, 15) is 4.79 Å². The van der Waals surface area contributed by atoms with Crippen molar-refractivity contribution in [1.82, 2.24) is 10.2 Å². The van der Waals surface area contributed by atoms with E-state index >= 15 is 0 Å². The first-order valence-electron chi connectivity index (χ1n) is 9.58. The van der Waals surface area contributed by atoms with E-state index in [-0.39, 0.29) is 18.2 Å². The van der Waals surface area contributed by atoms with Crippen LogP contribution in [0.1, 0.15) is 51.4 Å². The summed E-state index contributed by atoms with van der Waals surface area (Å²) in [5, 5.41) is 3.30. The fourth-order valence-corrected chi connectivity index (χ4v) is 4.60. The molecule has 4 fully saturated rings. The Morgan fingerprint density at radius 2 is 1.78 bits per heavy atom. The molecule has 2 saturated heterocycles. The van der Waals surface area contributed by atoms with E-state index in [2.05, 4.69) is 5.32 Å². The van der Waals surface area contributed by atoms with Crippen LogP contribution in [0.4, 0.5) is 4.79 Å². The molecular formula is C18H30N2O3. The van der Waals surface area contributed by atoms with Gasteiger partial charge in [-0.15, -0.1) is 0 Å². The molecule has 2 aliphatic heterocycles. The van der Waals surface area contributed by atoms with E-state index in [4.69, 9.17) is 9.47 Å². The predicted molar refractivity (Wildman–Crippen MR) is 87.3 cm³/mol. The lowest BCUT2D eigenvalue weighted by Crippen LogP contribution is -2.54. The molecule has 2 aliphatic carbocycles. The maximum atomic E-state index is 12.6. The molecule has 23 heavy (non-hydrogen) atoms. The molecular weight excluding hydrogens is 292 g/mol. The Balaban J connectivity index is 1.27. The second kappa shape index (κ2) is 6.98. The van der Waals surface area contributed by atoms with Crippen molar-refractivity contribution in [1.29, 1.82) is 0 Å². The quantitative estimate of drug-likeness (QED) is 0.869. The standard InChI is InChI=1S/C18H30N2O3/c21-18(19-15-4-1-3-14(11-15)13-6-7-13)20-8-10-23-17(12-20)16-5-2-9-22-16/h13-17H,1-12H2,(H,19,21)/t14-,15+,16+,17-/m0/s1. The van der Waals surface area contributed by atoms with Crippen molar-refractivity contribution in [2.45, 2.75) is 69.6 Å². The summed E-state index contributed by atoms with van der Waals surface area (Å²) in [6.07, 6.45) is 10.2. The highest BCUT2D eigenvalue weighted by Gasteiger charge is 2.36. The third kappa shape index (κ3) is 3.82. The van der Waals surface area contributed by atoms with Crippen molar-refractivity contribution in [3.05, 3.63) is 0 Å². The molecule has 2 amide bonds. The summed E-state index contributed by atoms with van der Waals surface area (Å²) in [5.74, 6) is 1.82. The fourth-order valence-electron chi connectivity index (χ4n) is 4.60. The van der Waals surface area contributed by atoms with Gasteiger partial charge in [0.25, 0.3) is 0 Å². The molecule has 2 saturated carbocycles. The molecule has 2 heterocycles. The average Bonchev–Trinajstić information content (AvgIpc) is 3.30. The Kier molecular flexibility index (Phi) is 4.76. The summed E-state index contributed by atoms with van der Waals surface area (Å²) in [6.45, 7) is 2.85. The lowest BCUT2D eigenvalue weighted by Gasteiger charge is -2.37. The van der Waals surface area contributed by atoms with Crippen LogP contribution in [-0.4, -0.2) is 55.5 Å². The van der Waals surface area contributed by atoms with Crippen LogP contribution in [-0.2, 0) is 9.47 Å². The van der Waals surface area contributed by atoms with Crippen molar-refractivity contribution >= 4 is 6.03 Å². The molecule has 0 unspecified atom stereocenters. The van der Waals surface area contributed by atoms with Gasteiger partial charge in [0.15, 0.2) is 0 Å². The van der Waals surface area contributed by atoms with Gasteiger partial charge in [0, 0.05) is 19.2 Å². The summed E-state index contributed by atoms with van der Waals surface area (Å²) in [6, 6.07) is 0.489. The molecule has 4 atom stereocenters. The molecule has 0 aromatic carbocycles. The highest BCUT2D eigenvalue weighted by Crippen LogP contribution is 2.43. The van der Waals surface area contributed by atoms with Crippen molar-refractivity contribution in [3.8, 4) is 0 Å². The Hall–Kier alpha value is -0.810. The van der Waals surface area contributed by atoms with Crippen LogP contribution >= 0.6 is 0 Å². The molecule has 0 radical (unpaired) electrons. The Morgan fingerprint density at radius 3 is 2.57 bits per heavy atom. The van der Waals surface area contributed by atoms with Crippen molar-refractivity contribution < 1.29 is 14.3 Å². The minimum Gasteiger partial charge on any atom is -0.375 e. The zero-order valence-corrected chi connectivity index (χ0v) is 14.0. The smallest absolute Gasteiger partial charge is 0.317 e. The monoisotopic (exact) mass is 322 g/mol. The van der Waals surface area contributed by atoms with Gasteiger partial charge in [-0.05, 0) is 50.4 Å². The van der Waals surface area contributed by atoms with Gasteiger partial charge in [0.2, 0.25) is 0 Å².